The minimum atomic E-state index is -0.406. The second-order valence-corrected chi connectivity index (χ2v) is 28.8. The molecule has 18 heteroatoms. The van der Waals surface area contributed by atoms with Crippen LogP contribution in [0.3, 0.4) is 0 Å². The molecule has 516 valence electrons. The van der Waals surface area contributed by atoms with Gasteiger partial charge in [-0.25, -0.2) is 9.13 Å². The predicted octanol–water partition coefficient (Wildman–Crippen LogP) is 14.1. The number of pyridine rings is 2. The van der Waals surface area contributed by atoms with Crippen molar-refractivity contribution in [2.45, 2.75) is 82.5 Å². The van der Waals surface area contributed by atoms with E-state index in [0.29, 0.717) is 67.8 Å². The number of nitrogens with one attached hydrogen (secondary N) is 2. The Kier molecular flexibility index (Phi) is 21.3. The highest BCUT2D eigenvalue weighted by atomic mass is 32.2. The Labute approximate surface area is 617 Å². The highest BCUT2D eigenvalue weighted by Crippen LogP contribution is 2.54. The standard InChI is InChI=1S/C85H74N9O4S3.CO2/c1-3-91-83(97)80(101-85(91)99)84-92(82(96)79(100-84)55-62-32-38-78-74(54-62)71-22-14-24-76(71)94(78)69-35-29-60(30-36-69)52-72(65-17-9-5-10-18-65)66-19-11-6-12-20-66)49-50-98-88-57(2)90-46-41-64(42-47-90)63-39-44-89(45-40-63)48-43-87-81(95)67(56-86)51-61-31-37-77-73(53-61)70-21-13-23-75(70)93(77)68-33-27-59(28-34-68)26-25-58-15-7-4-8-16-58;2-1-3/h4-12,15-20,25-42,44-47,51-55,70-71,75-76,88H,2-3,13-14,21-24,43,48-50H2,1H3;/q+1;/p+1/b26-25+,67-51?,79-55+,84-80+;. The molecule has 104 heavy (non-hydrogen) atoms. The summed E-state index contributed by atoms with van der Waals surface area (Å²) in [7, 11) is 0. The van der Waals surface area contributed by atoms with Gasteiger partial charge >= 0.3 is 12.0 Å². The highest BCUT2D eigenvalue weighted by Gasteiger charge is 2.44. The lowest BCUT2D eigenvalue weighted by atomic mass is 9.95. The fourth-order valence-corrected chi connectivity index (χ4v) is 17.7. The number of rotatable bonds is 21. The SMILES string of the molecule is C=C(NOCCn1c(=O)/c(=C\c2ccc3c(c2)C2CCCC2N3c2ccc(C=C(c3ccccc3)c3ccccc3)cc2)s/c1=C1/SC(=S)N(CC)C1=O)[n+]1ccc(-c2cc[n+](CCNC(=O)C(C#N)=Cc3ccc4c(c3)C3CCCC3N4c3ccc(/C=C/c4ccccc4)cc3)cc2)cc1.O=C=O. The summed E-state index contributed by atoms with van der Waals surface area (Å²) in [5.74, 6) is 0.607. The zero-order valence-corrected chi connectivity index (χ0v) is 59.8. The van der Waals surface area contributed by atoms with E-state index in [1.807, 2.05) is 90.9 Å². The van der Waals surface area contributed by atoms with Crippen LogP contribution in [0, 0.1) is 11.3 Å². The molecule has 0 spiro atoms. The van der Waals surface area contributed by atoms with E-state index in [1.54, 1.807) is 20.1 Å². The molecule has 15 nitrogen and oxygen atoms in total. The van der Waals surface area contributed by atoms with Crippen molar-refractivity contribution in [1.82, 2.24) is 20.3 Å². The Balaban J connectivity index is 0.00000299. The number of hydrogen-bond acceptors (Lipinski definition) is 13. The van der Waals surface area contributed by atoms with E-state index < -0.39 is 5.91 Å². The molecule has 3 fully saturated rings. The first-order chi connectivity index (χ1) is 50.9. The summed E-state index contributed by atoms with van der Waals surface area (Å²) in [4.78, 5) is 71.2. The minimum absolute atomic E-state index is 0.0674. The average Bonchev–Trinajstić information content (AvgIpc) is 1.60. The van der Waals surface area contributed by atoms with Gasteiger partial charge in [0, 0.05) is 65.3 Å². The summed E-state index contributed by atoms with van der Waals surface area (Å²) in [5, 5.41) is 13.1. The highest BCUT2D eigenvalue weighted by molar-refractivity contribution is 8.30. The zero-order valence-electron chi connectivity index (χ0n) is 57.3. The van der Waals surface area contributed by atoms with Gasteiger partial charge in [0.2, 0.25) is 0 Å². The van der Waals surface area contributed by atoms with E-state index in [1.165, 1.54) is 79.2 Å². The van der Waals surface area contributed by atoms with Crippen LogP contribution in [-0.4, -0.2) is 63.5 Å². The molecule has 6 heterocycles. The lowest BCUT2D eigenvalue weighted by Gasteiger charge is -2.27. The van der Waals surface area contributed by atoms with Gasteiger partial charge in [-0.15, -0.1) is 16.8 Å². The number of amides is 2. The van der Waals surface area contributed by atoms with Crippen molar-refractivity contribution in [3.05, 3.63) is 307 Å². The second kappa shape index (κ2) is 31.9. The van der Waals surface area contributed by atoms with Gasteiger partial charge in [-0.05, 0) is 185 Å². The van der Waals surface area contributed by atoms with Gasteiger partial charge in [-0.1, -0.05) is 176 Å². The number of benzene rings is 7. The quantitative estimate of drug-likeness (QED) is 0.0133. The average molecular weight is 1430 g/mol. The van der Waals surface area contributed by atoms with Crippen molar-refractivity contribution < 1.29 is 33.1 Å². The predicted molar refractivity (Wildman–Crippen MR) is 417 cm³/mol. The van der Waals surface area contributed by atoms with E-state index in [9.17, 15) is 19.6 Å². The van der Waals surface area contributed by atoms with Crippen molar-refractivity contribution >= 4 is 127 Å². The van der Waals surface area contributed by atoms with Gasteiger partial charge in [0.1, 0.15) is 32.1 Å². The molecule has 7 aromatic carbocycles. The molecule has 0 bridgehead atoms. The first-order valence-corrected chi connectivity index (χ1v) is 37.1. The topological polar surface area (TPSA) is 165 Å². The third-order valence-corrected chi connectivity index (χ3v) is 22.7. The summed E-state index contributed by atoms with van der Waals surface area (Å²) in [5.41, 5.74) is 20.8. The molecular formula is C86H75N9O6S3+2. The molecule has 1 saturated heterocycles. The molecule has 3 aliphatic heterocycles. The molecule has 3 aromatic heterocycles. The lowest BCUT2D eigenvalue weighted by Crippen LogP contribution is -2.40. The second-order valence-electron chi connectivity index (χ2n) is 26.1. The zero-order chi connectivity index (χ0) is 71.6. The Hall–Kier alpha value is -11.4. The van der Waals surface area contributed by atoms with Crippen molar-refractivity contribution in [2.24, 2.45) is 0 Å². The van der Waals surface area contributed by atoms with Crippen LogP contribution in [0.25, 0.3) is 57.8 Å². The fraction of sp³-hybridized carbons (Fsp3) is 0.186. The van der Waals surface area contributed by atoms with Gasteiger partial charge in [0.15, 0.2) is 18.9 Å². The lowest BCUT2D eigenvalue weighted by molar-refractivity contribution is -0.694. The Morgan fingerprint density at radius 2 is 1.19 bits per heavy atom. The largest absolute Gasteiger partial charge is 0.373 e. The first-order valence-electron chi connectivity index (χ1n) is 35.0. The molecule has 4 unspecified atom stereocenters. The van der Waals surface area contributed by atoms with Crippen molar-refractivity contribution in [3.8, 4) is 17.2 Å². The summed E-state index contributed by atoms with van der Waals surface area (Å²) < 4.78 is 6.97. The maximum Gasteiger partial charge on any atom is 0.373 e. The number of hydroxylamine groups is 1. The first kappa shape index (κ1) is 69.7. The Morgan fingerprint density at radius 3 is 1.76 bits per heavy atom. The van der Waals surface area contributed by atoms with Crippen LogP contribution in [0.15, 0.2) is 242 Å². The number of anilines is 4. The molecule has 5 aliphatic rings. The maximum atomic E-state index is 14.6. The molecule has 2 N–H and O–H groups in total. The molecular weight excluding hydrogens is 1350 g/mol. The number of aromatic nitrogens is 3. The number of nitriles is 1. The van der Waals surface area contributed by atoms with E-state index in [-0.39, 0.29) is 36.3 Å². The fourth-order valence-electron chi connectivity index (χ4n) is 15.0. The van der Waals surface area contributed by atoms with Gasteiger partial charge in [-0.2, -0.15) is 19.7 Å². The van der Waals surface area contributed by atoms with Gasteiger partial charge < -0.3 is 15.1 Å². The molecule has 2 saturated carbocycles. The molecule has 2 amide bonds. The number of thiazole rings is 1. The van der Waals surface area contributed by atoms with Crippen LogP contribution in [0.5, 0.6) is 0 Å². The maximum absolute atomic E-state index is 14.6. The molecule has 4 atom stereocenters. The van der Waals surface area contributed by atoms with Crippen LogP contribution in [0.1, 0.15) is 107 Å². The third-order valence-electron chi connectivity index (χ3n) is 20.0. The van der Waals surface area contributed by atoms with Crippen LogP contribution in [0.4, 0.5) is 22.7 Å². The monoisotopic (exact) mass is 1430 g/mol. The minimum Gasteiger partial charge on any atom is -0.345 e. The van der Waals surface area contributed by atoms with E-state index in [4.69, 9.17) is 26.6 Å². The molecule has 15 rings (SSSR count). The normalized spacial score (nSPS) is 17.8. The van der Waals surface area contributed by atoms with E-state index in [0.717, 1.165) is 71.9 Å². The summed E-state index contributed by atoms with van der Waals surface area (Å²) in [6.45, 7) is 7.64. The van der Waals surface area contributed by atoms with Crippen molar-refractivity contribution in [1.29, 1.82) is 5.26 Å². The number of carbonyl (C=O) groups excluding carboxylic acids is 4. The Bertz CT molecular complexity index is 5220. The van der Waals surface area contributed by atoms with Gasteiger partial charge in [0.25, 0.3) is 17.4 Å². The summed E-state index contributed by atoms with van der Waals surface area (Å²) in [6.07, 6.45) is 24.9. The van der Waals surface area contributed by atoms with Crippen LogP contribution in [-0.2, 0) is 37.1 Å². The third kappa shape index (κ3) is 14.9. The van der Waals surface area contributed by atoms with Crippen LogP contribution < -0.4 is 44.5 Å². The van der Waals surface area contributed by atoms with E-state index in [2.05, 4.69) is 203 Å². The Morgan fingerprint density at radius 1 is 0.663 bits per heavy atom. The number of fused-ring (bicyclic) bond motifs is 6. The van der Waals surface area contributed by atoms with Crippen molar-refractivity contribution in [3.63, 3.8) is 0 Å². The number of hydrogen-bond donors (Lipinski definition) is 2. The van der Waals surface area contributed by atoms with Crippen molar-refractivity contribution in [2.75, 3.05) is 29.5 Å². The number of carbonyl (C=O) groups is 2. The molecule has 0 radical (unpaired) electrons. The van der Waals surface area contributed by atoms with Crippen LogP contribution in [0.2, 0.25) is 0 Å². The number of thioether (sulfide) groups is 1. The van der Waals surface area contributed by atoms with Gasteiger partial charge in [-0.3, -0.25) is 23.9 Å². The summed E-state index contributed by atoms with van der Waals surface area (Å²) >= 11 is 8.19. The number of nitrogens with zero attached hydrogens (tertiary/aromatic N) is 7. The summed E-state index contributed by atoms with van der Waals surface area (Å²) in [6, 6.07) is 72.9. The molecule has 10 aromatic rings. The smallest absolute Gasteiger partial charge is 0.345 e. The number of thiocarbonyl (C=S) groups is 1. The van der Waals surface area contributed by atoms with Gasteiger partial charge in [0.05, 0.1) is 30.0 Å². The van der Waals surface area contributed by atoms with Crippen LogP contribution >= 0.6 is 35.3 Å². The molecule has 2 aliphatic carbocycles. The van der Waals surface area contributed by atoms with E-state index >= 15 is 0 Å².